The maximum atomic E-state index is 12.9. The number of hydrazone groups is 1. The molecular weight excluding hydrogens is 339 g/mol. The average Bonchev–Trinajstić information content (AvgIpc) is 3.19. The Bertz CT molecular complexity index is 906. The molecule has 0 spiro atoms. The fourth-order valence-corrected chi connectivity index (χ4v) is 2.10. The van der Waals surface area contributed by atoms with Gasteiger partial charge in [0, 0.05) is 0 Å². The summed E-state index contributed by atoms with van der Waals surface area (Å²) >= 11 is 0. The second-order valence-electron chi connectivity index (χ2n) is 5.15. The molecule has 0 aliphatic heterocycles. The molecule has 1 aromatic heterocycles. The third kappa shape index (κ3) is 4.27. The number of rotatable bonds is 6. The summed E-state index contributed by atoms with van der Waals surface area (Å²) in [4.78, 5) is 11.9. The van der Waals surface area contributed by atoms with Crippen LogP contribution in [0.1, 0.15) is 16.1 Å². The summed E-state index contributed by atoms with van der Waals surface area (Å²) in [6.07, 6.45) is 2.95. The smallest absolute Gasteiger partial charge is 0.379 e. The van der Waals surface area contributed by atoms with E-state index in [1.807, 2.05) is 0 Å². The zero-order valence-corrected chi connectivity index (χ0v) is 13.8. The Hall–Kier alpha value is -3.61. The number of methoxy groups -OCH3 is 1. The molecule has 7 heteroatoms. The summed E-state index contributed by atoms with van der Waals surface area (Å²) in [5.74, 6) is -0.203. The van der Waals surface area contributed by atoms with Crippen molar-refractivity contribution in [3.05, 3.63) is 78.0 Å². The Morgan fingerprint density at radius 2 is 1.96 bits per heavy atom. The molecule has 0 amide bonds. The standard InChI is InChI=1S/C19H15FN2O4/c1-24-18-11-13(12-21-22-15-7-5-14(20)6-8-15)4-9-16(18)26-19(23)17-3-2-10-25-17/h2-12,22H,1H3/b21-12-. The fourth-order valence-electron chi connectivity index (χ4n) is 2.10. The van der Waals surface area contributed by atoms with Gasteiger partial charge in [0.05, 0.1) is 25.3 Å². The molecule has 0 atom stereocenters. The van der Waals surface area contributed by atoms with Gasteiger partial charge in [-0.1, -0.05) is 0 Å². The van der Waals surface area contributed by atoms with E-state index in [0.29, 0.717) is 17.0 Å². The minimum Gasteiger partial charge on any atom is -0.493 e. The highest BCUT2D eigenvalue weighted by molar-refractivity contribution is 5.89. The highest BCUT2D eigenvalue weighted by Gasteiger charge is 2.14. The molecule has 2 aromatic carbocycles. The Balaban J connectivity index is 1.68. The predicted octanol–water partition coefficient (Wildman–Crippen LogP) is 4.09. The van der Waals surface area contributed by atoms with Crippen LogP contribution < -0.4 is 14.9 Å². The first-order valence-corrected chi connectivity index (χ1v) is 7.64. The van der Waals surface area contributed by atoms with Crippen molar-refractivity contribution in [1.82, 2.24) is 0 Å². The first kappa shape index (κ1) is 17.2. The number of anilines is 1. The minimum atomic E-state index is -0.618. The monoisotopic (exact) mass is 354 g/mol. The molecule has 0 radical (unpaired) electrons. The van der Waals surface area contributed by atoms with Crippen molar-refractivity contribution in [3.8, 4) is 11.5 Å². The summed E-state index contributed by atoms with van der Waals surface area (Å²) in [5.41, 5.74) is 4.16. The molecule has 132 valence electrons. The van der Waals surface area contributed by atoms with Gasteiger partial charge in [0.25, 0.3) is 0 Å². The number of esters is 1. The van der Waals surface area contributed by atoms with Crippen LogP contribution in [0, 0.1) is 5.82 Å². The third-order valence-electron chi connectivity index (χ3n) is 3.36. The van der Waals surface area contributed by atoms with Crippen LogP contribution in [-0.2, 0) is 0 Å². The Morgan fingerprint density at radius 1 is 1.15 bits per heavy atom. The highest BCUT2D eigenvalue weighted by Crippen LogP contribution is 2.28. The summed E-state index contributed by atoms with van der Waals surface area (Å²) in [6, 6.07) is 13.9. The molecule has 0 saturated heterocycles. The second-order valence-corrected chi connectivity index (χ2v) is 5.15. The lowest BCUT2D eigenvalue weighted by molar-refractivity contribution is 0.0696. The van der Waals surface area contributed by atoms with Crippen molar-refractivity contribution in [2.24, 2.45) is 5.10 Å². The van der Waals surface area contributed by atoms with E-state index in [4.69, 9.17) is 13.9 Å². The SMILES string of the molecule is COc1cc(/C=N\Nc2ccc(F)cc2)ccc1OC(=O)c1ccco1. The highest BCUT2D eigenvalue weighted by atomic mass is 19.1. The molecular formula is C19H15FN2O4. The Morgan fingerprint density at radius 3 is 2.65 bits per heavy atom. The molecule has 0 aliphatic rings. The number of carbonyl (C=O) groups excluding carboxylic acids is 1. The van der Waals surface area contributed by atoms with Crippen LogP contribution in [-0.4, -0.2) is 19.3 Å². The van der Waals surface area contributed by atoms with Crippen molar-refractivity contribution in [2.75, 3.05) is 12.5 Å². The molecule has 0 unspecified atom stereocenters. The fraction of sp³-hybridized carbons (Fsp3) is 0.0526. The van der Waals surface area contributed by atoms with Gasteiger partial charge in [-0.05, 0) is 60.2 Å². The first-order valence-electron chi connectivity index (χ1n) is 7.64. The second kappa shape index (κ2) is 7.98. The Kier molecular flexibility index (Phi) is 5.28. The lowest BCUT2D eigenvalue weighted by Crippen LogP contribution is -2.08. The van der Waals surface area contributed by atoms with Crippen LogP contribution in [0.3, 0.4) is 0 Å². The van der Waals surface area contributed by atoms with Crippen molar-refractivity contribution >= 4 is 17.9 Å². The molecule has 0 bridgehead atoms. The van der Waals surface area contributed by atoms with Gasteiger partial charge in [0.15, 0.2) is 11.5 Å². The molecule has 1 N–H and O–H groups in total. The van der Waals surface area contributed by atoms with E-state index >= 15 is 0 Å². The first-order chi connectivity index (χ1) is 12.7. The van der Waals surface area contributed by atoms with Gasteiger partial charge in [-0.3, -0.25) is 5.43 Å². The molecule has 0 fully saturated rings. The largest absolute Gasteiger partial charge is 0.493 e. The van der Waals surface area contributed by atoms with Crippen molar-refractivity contribution in [2.45, 2.75) is 0 Å². The number of hydrogen-bond donors (Lipinski definition) is 1. The van der Waals surface area contributed by atoms with E-state index < -0.39 is 5.97 Å². The summed E-state index contributed by atoms with van der Waals surface area (Å²) in [6.45, 7) is 0. The van der Waals surface area contributed by atoms with Crippen molar-refractivity contribution in [1.29, 1.82) is 0 Å². The van der Waals surface area contributed by atoms with Crippen LogP contribution >= 0.6 is 0 Å². The number of ether oxygens (including phenoxy) is 2. The summed E-state index contributed by atoms with van der Waals surface area (Å²) in [7, 11) is 1.47. The van der Waals surface area contributed by atoms with Crippen LogP contribution in [0.4, 0.5) is 10.1 Å². The maximum absolute atomic E-state index is 12.9. The molecule has 3 aromatic rings. The zero-order valence-electron chi connectivity index (χ0n) is 13.8. The predicted molar refractivity (Wildman–Crippen MR) is 94.3 cm³/mol. The van der Waals surface area contributed by atoms with Crippen LogP contribution in [0.2, 0.25) is 0 Å². The number of halogens is 1. The maximum Gasteiger partial charge on any atom is 0.379 e. The molecule has 6 nitrogen and oxygen atoms in total. The molecule has 0 saturated carbocycles. The van der Waals surface area contributed by atoms with Gasteiger partial charge in [-0.2, -0.15) is 5.10 Å². The number of nitrogens with one attached hydrogen (secondary N) is 1. The van der Waals surface area contributed by atoms with E-state index in [-0.39, 0.29) is 17.3 Å². The van der Waals surface area contributed by atoms with E-state index in [1.165, 1.54) is 31.6 Å². The van der Waals surface area contributed by atoms with E-state index in [2.05, 4.69) is 10.5 Å². The molecule has 26 heavy (non-hydrogen) atoms. The van der Waals surface area contributed by atoms with Gasteiger partial charge < -0.3 is 13.9 Å². The minimum absolute atomic E-state index is 0.0983. The molecule has 3 rings (SSSR count). The quantitative estimate of drug-likeness (QED) is 0.312. The van der Waals surface area contributed by atoms with Crippen LogP contribution in [0.25, 0.3) is 0 Å². The number of benzene rings is 2. The zero-order chi connectivity index (χ0) is 18.4. The van der Waals surface area contributed by atoms with Gasteiger partial charge in [-0.25, -0.2) is 9.18 Å². The third-order valence-corrected chi connectivity index (χ3v) is 3.36. The van der Waals surface area contributed by atoms with Crippen molar-refractivity contribution < 1.29 is 23.1 Å². The van der Waals surface area contributed by atoms with E-state index in [1.54, 1.807) is 42.6 Å². The number of carbonyl (C=O) groups is 1. The molecule has 0 aliphatic carbocycles. The number of hydrogen-bond acceptors (Lipinski definition) is 6. The summed E-state index contributed by atoms with van der Waals surface area (Å²) < 4.78 is 28.4. The van der Waals surface area contributed by atoms with E-state index in [0.717, 1.165) is 0 Å². The normalized spacial score (nSPS) is 10.7. The summed E-state index contributed by atoms with van der Waals surface area (Å²) in [5, 5.41) is 4.07. The van der Waals surface area contributed by atoms with Gasteiger partial charge in [-0.15, -0.1) is 0 Å². The van der Waals surface area contributed by atoms with Crippen LogP contribution in [0.15, 0.2) is 70.4 Å². The van der Waals surface area contributed by atoms with Crippen LogP contribution in [0.5, 0.6) is 11.5 Å². The number of furan rings is 1. The molecule has 1 heterocycles. The van der Waals surface area contributed by atoms with Gasteiger partial charge >= 0.3 is 5.97 Å². The lowest BCUT2D eigenvalue weighted by atomic mass is 10.2. The van der Waals surface area contributed by atoms with Gasteiger partial charge in [0.1, 0.15) is 5.82 Å². The van der Waals surface area contributed by atoms with Gasteiger partial charge in [0.2, 0.25) is 5.76 Å². The lowest BCUT2D eigenvalue weighted by Gasteiger charge is -2.09. The average molecular weight is 354 g/mol. The van der Waals surface area contributed by atoms with E-state index in [9.17, 15) is 9.18 Å². The Labute approximate surface area is 148 Å². The topological polar surface area (TPSA) is 73.1 Å². The number of nitrogens with zero attached hydrogens (tertiary/aromatic N) is 1. The van der Waals surface area contributed by atoms with Crippen molar-refractivity contribution in [3.63, 3.8) is 0 Å².